The monoisotopic (exact) mass is 428 g/mol. The van der Waals surface area contributed by atoms with Crippen LogP contribution in [0.25, 0.3) is 0 Å². The van der Waals surface area contributed by atoms with Gasteiger partial charge in [0.05, 0.1) is 0 Å². The van der Waals surface area contributed by atoms with E-state index in [0.29, 0.717) is 24.2 Å². The van der Waals surface area contributed by atoms with Crippen LogP contribution in [0.15, 0.2) is 12.4 Å². The lowest BCUT2D eigenvalue weighted by Gasteiger charge is -2.36. The second-order valence-electron chi connectivity index (χ2n) is 9.64. The molecular weight excluding hydrogens is 388 g/mol. The third kappa shape index (κ3) is 6.31. The van der Waals surface area contributed by atoms with Gasteiger partial charge in [0.15, 0.2) is 0 Å². The van der Waals surface area contributed by atoms with E-state index >= 15 is 0 Å². The summed E-state index contributed by atoms with van der Waals surface area (Å²) >= 11 is 0. The van der Waals surface area contributed by atoms with E-state index in [1.165, 1.54) is 58.2 Å². The summed E-state index contributed by atoms with van der Waals surface area (Å²) in [5, 5.41) is 3.27. The molecule has 2 atom stereocenters. The smallest absolute Gasteiger partial charge is 0.222 e. The lowest BCUT2D eigenvalue weighted by atomic mass is 9.92. The highest BCUT2D eigenvalue weighted by Gasteiger charge is 2.27. The van der Waals surface area contributed by atoms with Crippen LogP contribution < -0.4 is 10.2 Å². The number of nitrogens with zero attached hydrogens (tertiary/aromatic N) is 5. The molecule has 7 nitrogen and oxygen atoms in total. The summed E-state index contributed by atoms with van der Waals surface area (Å²) in [5.41, 5.74) is 0. The van der Waals surface area contributed by atoms with E-state index in [9.17, 15) is 4.79 Å². The highest BCUT2D eigenvalue weighted by molar-refractivity contribution is 5.76. The largest absolute Gasteiger partial charge is 0.370 e. The van der Waals surface area contributed by atoms with Crippen molar-refractivity contribution in [3.63, 3.8) is 0 Å². The van der Waals surface area contributed by atoms with Gasteiger partial charge in [0.1, 0.15) is 18.0 Å². The fraction of sp³-hybridized carbons (Fsp3) is 0.792. The quantitative estimate of drug-likeness (QED) is 0.686. The molecule has 3 aliphatic heterocycles. The minimum absolute atomic E-state index is 0.375. The topological polar surface area (TPSA) is 64.6 Å². The van der Waals surface area contributed by atoms with Gasteiger partial charge in [-0.3, -0.25) is 4.79 Å². The maximum Gasteiger partial charge on any atom is 0.222 e. The van der Waals surface area contributed by atoms with Gasteiger partial charge < -0.3 is 20.0 Å². The molecule has 172 valence electrons. The van der Waals surface area contributed by atoms with Crippen LogP contribution in [-0.2, 0) is 4.79 Å². The van der Waals surface area contributed by atoms with E-state index in [-0.39, 0.29) is 0 Å². The van der Waals surface area contributed by atoms with Crippen molar-refractivity contribution in [2.24, 2.45) is 11.8 Å². The van der Waals surface area contributed by atoms with Crippen molar-refractivity contribution in [3.05, 3.63) is 12.4 Å². The molecule has 0 aliphatic carbocycles. The summed E-state index contributed by atoms with van der Waals surface area (Å²) in [6.07, 6.45) is 10.9. The standard InChI is InChI=1S/C24H40N6O/c1-2-25-22-15-23(27-19-26-22)29-13-5-7-20(17-29)9-10-24(31)30-14-6-8-21(18-30)16-28-11-3-4-12-28/h15,19-21H,2-14,16-18H2,1H3,(H,25,26,27)/t20-,21+/m0/s1. The van der Waals surface area contributed by atoms with Crippen LogP contribution in [-0.4, -0.2) is 78.0 Å². The Hall–Kier alpha value is -1.89. The summed E-state index contributed by atoms with van der Waals surface area (Å²) in [6.45, 7) is 10.6. The number of aromatic nitrogens is 2. The number of piperidine rings is 2. The number of hydrogen-bond acceptors (Lipinski definition) is 6. The molecule has 0 aromatic carbocycles. The average molecular weight is 429 g/mol. The Labute approximate surface area is 187 Å². The fourth-order valence-electron chi connectivity index (χ4n) is 5.56. The van der Waals surface area contributed by atoms with Crippen molar-refractivity contribution in [1.29, 1.82) is 0 Å². The van der Waals surface area contributed by atoms with Crippen molar-refractivity contribution in [1.82, 2.24) is 19.8 Å². The summed E-state index contributed by atoms with van der Waals surface area (Å²) in [5.74, 6) is 3.51. The molecule has 1 aromatic rings. The van der Waals surface area contributed by atoms with Crippen LogP contribution in [0.4, 0.5) is 11.6 Å². The molecule has 7 heteroatoms. The Morgan fingerprint density at radius 2 is 1.84 bits per heavy atom. The van der Waals surface area contributed by atoms with Crippen LogP contribution in [0.3, 0.4) is 0 Å². The first-order chi connectivity index (χ1) is 15.2. The Balaban J connectivity index is 1.23. The summed E-state index contributed by atoms with van der Waals surface area (Å²) < 4.78 is 0. The molecule has 3 saturated heterocycles. The summed E-state index contributed by atoms with van der Waals surface area (Å²) in [7, 11) is 0. The predicted octanol–water partition coefficient (Wildman–Crippen LogP) is 3.24. The molecule has 3 fully saturated rings. The zero-order valence-corrected chi connectivity index (χ0v) is 19.3. The van der Waals surface area contributed by atoms with Gasteiger partial charge in [-0.1, -0.05) is 0 Å². The predicted molar refractivity (Wildman–Crippen MR) is 125 cm³/mol. The van der Waals surface area contributed by atoms with Crippen LogP contribution >= 0.6 is 0 Å². The zero-order valence-electron chi connectivity index (χ0n) is 19.3. The number of rotatable bonds is 8. The van der Waals surface area contributed by atoms with Crippen molar-refractivity contribution in [3.8, 4) is 0 Å². The number of carbonyl (C=O) groups excluding carboxylic acids is 1. The number of hydrogen-bond donors (Lipinski definition) is 1. The fourth-order valence-corrected chi connectivity index (χ4v) is 5.56. The first-order valence-corrected chi connectivity index (χ1v) is 12.5. The van der Waals surface area contributed by atoms with Crippen molar-refractivity contribution >= 4 is 17.5 Å². The average Bonchev–Trinajstić information content (AvgIpc) is 3.31. The second-order valence-corrected chi connectivity index (χ2v) is 9.64. The van der Waals surface area contributed by atoms with Crippen molar-refractivity contribution < 1.29 is 4.79 Å². The molecule has 0 unspecified atom stereocenters. The number of amides is 1. The van der Waals surface area contributed by atoms with Gasteiger partial charge in [0.2, 0.25) is 5.91 Å². The van der Waals surface area contributed by atoms with Gasteiger partial charge in [0.25, 0.3) is 0 Å². The molecular formula is C24H40N6O. The first kappa shape index (κ1) is 22.3. The highest BCUT2D eigenvalue weighted by Crippen LogP contribution is 2.27. The molecule has 0 spiro atoms. The molecule has 1 aromatic heterocycles. The van der Waals surface area contributed by atoms with Gasteiger partial charge in [-0.05, 0) is 76.8 Å². The zero-order chi connectivity index (χ0) is 21.5. The molecule has 1 amide bonds. The van der Waals surface area contributed by atoms with Crippen LogP contribution in [0.2, 0.25) is 0 Å². The molecule has 1 N–H and O–H groups in total. The van der Waals surface area contributed by atoms with E-state index in [2.05, 4.69) is 36.9 Å². The molecule has 0 bridgehead atoms. The normalized spacial score (nSPS) is 25.1. The van der Waals surface area contributed by atoms with Crippen LogP contribution in [0.5, 0.6) is 0 Å². The van der Waals surface area contributed by atoms with Crippen LogP contribution in [0, 0.1) is 11.8 Å². The van der Waals surface area contributed by atoms with E-state index in [1.807, 2.05) is 6.07 Å². The first-order valence-electron chi connectivity index (χ1n) is 12.5. The van der Waals surface area contributed by atoms with Crippen molar-refractivity contribution in [2.75, 3.05) is 62.6 Å². The number of nitrogens with one attached hydrogen (secondary N) is 1. The van der Waals surface area contributed by atoms with Crippen LogP contribution in [0.1, 0.15) is 58.3 Å². The minimum Gasteiger partial charge on any atom is -0.370 e. The Bertz CT molecular complexity index is 707. The Kier molecular flexibility index (Phi) is 8.00. The molecule has 4 rings (SSSR count). The van der Waals surface area contributed by atoms with Gasteiger partial charge >= 0.3 is 0 Å². The maximum absolute atomic E-state index is 13.0. The molecule has 31 heavy (non-hydrogen) atoms. The third-order valence-electron chi connectivity index (χ3n) is 7.21. The summed E-state index contributed by atoms with van der Waals surface area (Å²) in [4.78, 5) is 28.9. The number of carbonyl (C=O) groups is 1. The number of anilines is 2. The van der Waals surface area contributed by atoms with E-state index in [0.717, 1.165) is 50.8 Å². The van der Waals surface area contributed by atoms with E-state index in [1.54, 1.807) is 6.33 Å². The van der Waals surface area contributed by atoms with E-state index < -0.39 is 0 Å². The lowest BCUT2D eigenvalue weighted by molar-refractivity contribution is -0.133. The van der Waals surface area contributed by atoms with E-state index in [4.69, 9.17) is 0 Å². The van der Waals surface area contributed by atoms with Gasteiger partial charge in [-0.25, -0.2) is 9.97 Å². The summed E-state index contributed by atoms with van der Waals surface area (Å²) in [6, 6.07) is 2.05. The minimum atomic E-state index is 0.375. The second kappa shape index (κ2) is 11.1. The third-order valence-corrected chi connectivity index (χ3v) is 7.21. The maximum atomic E-state index is 13.0. The molecule has 3 aliphatic rings. The highest BCUT2D eigenvalue weighted by atomic mass is 16.2. The lowest BCUT2D eigenvalue weighted by Crippen LogP contribution is -2.43. The molecule has 0 saturated carbocycles. The molecule has 4 heterocycles. The van der Waals surface area contributed by atoms with Gasteiger partial charge in [-0.2, -0.15) is 0 Å². The molecule has 0 radical (unpaired) electrons. The van der Waals surface area contributed by atoms with Crippen molar-refractivity contribution in [2.45, 2.75) is 58.3 Å². The Morgan fingerprint density at radius 1 is 1.03 bits per heavy atom. The SMILES string of the molecule is CCNc1cc(N2CCC[C@@H](CCC(=O)N3CCC[C@H](CN4CCCC4)C3)C2)ncn1. The van der Waals surface area contributed by atoms with Gasteiger partial charge in [0, 0.05) is 51.8 Å². The number of likely N-dealkylation sites (tertiary alicyclic amines) is 2. The van der Waals surface area contributed by atoms with Gasteiger partial charge in [-0.15, -0.1) is 0 Å². The Morgan fingerprint density at radius 3 is 2.68 bits per heavy atom.